The van der Waals surface area contributed by atoms with Gasteiger partial charge in [-0.25, -0.2) is 4.79 Å². The van der Waals surface area contributed by atoms with Gasteiger partial charge in [0.15, 0.2) is 0 Å². The molecule has 32 heavy (non-hydrogen) atoms. The summed E-state index contributed by atoms with van der Waals surface area (Å²) >= 11 is 0. The van der Waals surface area contributed by atoms with Gasteiger partial charge < -0.3 is 0 Å². The molecule has 1 atom stereocenters. The van der Waals surface area contributed by atoms with Crippen LogP contribution in [0.4, 0.5) is 0 Å². The van der Waals surface area contributed by atoms with E-state index in [0.717, 1.165) is 41.0 Å². The lowest BCUT2D eigenvalue weighted by molar-refractivity contribution is 0.503. The minimum absolute atomic E-state index is 0.0714. The SMILES string of the molecule is CCC(C)c1cn(CC(C)C)c(=O)n1Cc1ccc(-c2ccccc2-n2cnnn2)cc1. The van der Waals surface area contributed by atoms with Crippen LogP contribution in [0.3, 0.4) is 0 Å². The predicted molar refractivity (Wildman–Crippen MR) is 126 cm³/mol. The second-order valence-corrected chi connectivity index (χ2v) is 8.75. The smallest absolute Gasteiger partial charge is 0.299 e. The molecule has 0 N–H and O–H groups in total. The fourth-order valence-corrected chi connectivity index (χ4v) is 4.00. The summed E-state index contributed by atoms with van der Waals surface area (Å²) in [5.41, 5.74) is 5.32. The van der Waals surface area contributed by atoms with Crippen molar-refractivity contribution in [3.05, 3.63) is 82.8 Å². The van der Waals surface area contributed by atoms with Crippen LogP contribution in [0, 0.1) is 5.92 Å². The lowest BCUT2D eigenvalue weighted by Crippen LogP contribution is -2.27. The van der Waals surface area contributed by atoms with Crippen LogP contribution in [0.15, 0.2) is 65.8 Å². The number of tetrazole rings is 1. The first kappa shape index (κ1) is 21.7. The third-order valence-electron chi connectivity index (χ3n) is 5.86. The maximum atomic E-state index is 13.1. The minimum Gasteiger partial charge on any atom is -0.299 e. The van der Waals surface area contributed by atoms with Crippen molar-refractivity contribution in [1.82, 2.24) is 29.3 Å². The number of para-hydroxylation sites is 1. The van der Waals surface area contributed by atoms with E-state index in [9.17, 15) is 4.79 Å². The minimum atomic E-state index is 0.0714. The van der Waals surface area contributed by atoms with E-state index in [0.29, 0.717) is 18.4 Å². The molecule has 4 aromatic rings. The van der Waals surface area contributed by atoms with Crippen molar-refractivity contribution in [1.29, 1.82) is 0 Å². The summed E-state index contributed by atoms with van der Waals surface area (Å²) in [6.07, 6.45) is 4.64. The van der Waals surface area contributed by atoms with E-state index in [-0.39, 0.29) is 5.69 Å². The zero-order chi connectivity index (χ0) is 22.7. The van der Waals surface area contributed by atoms with Crippen LogP contribution in [0.5, 0.6) is 0 Å². The highest BCUT2D eigenvalue weighted by atomic mass is 16.1. The van der Waals surface area contributed by atoms with Crippen molar-refractivity contribution in [2.75, 3.05) is 0 Å². The predicted octanol–water partition coefficient (Wildman–Crippen LogP) is 4.51. The molecule has 0 bridgehead atoms. The zero-order valence-corrected chi connectivity index (χ0v) is 19.1. The second-order valence-electron chi connectivity index (χ2n) is 8.75. The van der Waals surface area contributed by atoms with Crippen LogP contribution < -0.4 is 5.69 Å². The molecule has 0 saturated carbocycles. The molecule has 0 aliphatic heterocycles. The largest absolute Gasteiger partial charge is 0.328 e. The molecule has 0 fully saturated rings. The average Bonchev–Trinajstić information content (AvgIpc) is 3.43. The second kappa shape index (κ2) is 9.34. The lowest BCUT2D eigenvalue weighted by Gasteiger charge is -2.13. The Bertz CT molecular complexity index is 1220. The van der Waals surface area contributed by atoms with E-state index in [4.69, 9.17) is 0 Å². The zero-order valence-electron chi connectivity index (χ0n) is 19.1. The van der Waals surface area contributed by atoms with Crippen LogP contribution in [0.1, 0.15) is 51.3 Å². The van der Waals surface area contributed by atoms with Gasteiger partial charge in [0.25, 0.3) is 0 Å². The van der Waals surface area contributed by atoms with Gasteiger partial charge in [-0.15, -0.1) is 5.10 Å². The molecular formula is C25H30N6O. The number of hydrogen-bond donors (Lipinski definition) is 0. The fraction of sp³-hybridized carbons (Fsp3) is 0.360. The van der Waals surface area contributed by atoms with Crippen molar-refractivity contribution in [3.8, 4) is 16.8 Å². The molecule has 0 radical (unpaired) electrons. The molecular weight excluding hydrogens is 400 g/mol. The quantitative estimate of drug-likeness (QED) is 0.412. The Labute approximate surface area is 188 Å². The summed E-state index contributed by atoms with van der Waals surface area (Å²) in [6.45, 7) is 9.93. The van der Waals surface area contributed by atoms with Gasteiger partial charge in [0.05, 0.1) is 12.2 Å². The summed E-state index contributed by atoms with van der Waals surface area (Å²) in [5.74, 6) is 0.756. The highest BCUT2D eigenvalue weighted by Gasteiger charge is 2.17. The number of imidazole rings is 1. The summed E-state index contributed by atoms with van der Waals surface area (Å²) in [6, 6.07) is 16.4. The summed E-state index contributed by atoms with van der Waals surface area (Å²) in [5, 5.41) is 11.5. The van der Waals surface area contributed by atoms with Gasteiger partial charge in [0, 0.05) is 24.0 Å². The van der Waals surface area contributed by atoms with Gasteiger partial charge in [0.1, 0.15) is 6.33 Å². The van der Waals surface area contributed by atoms with Gasteiger partial charge in [-0.1, -0.05) is 70.2 Å². The third kappa shape index (κ3) is 4.42. The molecule has 0 amide bonds. The Morgan fingerprint density at radius 2 is 1.75 bits per heavy atom. The maximum absolute atomic E-state index is 13.1. The molecule has 7 heteroatoms. The first-order valence-corrected chi connectivity index (χ1v) is 11.2. The van der Waals surface area contributed by atoms with Crippen molar-refractivity contribution in [2.45, 2.75) is 53.1 Å². The molecule has 166 valence electrons. The van der Waals surface area contributed by atoms with Gasteiger partial charge in [-0.05, 0) is 45.9 Å². The summed E-state index contributed by atoms with van der Waals surface area (Å²) < 4.78 is 5.46. The number of rotatable bonds is 8. The first-order chi connectivity index (χ1) is 15.5. The Kier molecular flexibility index (Phi) is 6.35. The van der Waals surface area contributed by atoms with Crippen LogP contribution in [-0.4, -0.2) is 29.3 Å². The van der Waals surface area contributed by atoms with Crippen LogP contribution in [-0.2, 0) is 13.1 Å². The average molecular weight is 431 g/mol. The molecule has 4 rings (SSSR count). The van der Waals surface area contributed by atoms with Crippen LogP contribution in [0.2, 0.25) is 0 Å². The van der Waals surface area contributed by atoms with Crippen molar-refractivity contribution in [3.63, 3.8) is 0 Å². The van der Waals surface area contributed by atoms with E-state index in [2.05, 4.69) is 73.6 Å². The van der Waals surface area contributed by atoms with E-state index in [1.807, 2.05) is 33.5 Å². The molecule has 0 aliphatic rings. The highest BCUT2D eigenvalue weighted by Crippen LogP contribution is 2.27. The van der Waals surface area contributed by atoms with Gasteiger partial charge in [0.2, 0.25) is 0 Å². The van der Waals surface area contributed by atoms with Crippen molar-refractivity contribution in [2.24, 2.45) is 5.92 Å². The lowest BCUT2D eigenvalue weighted by atomic mass is 10.0. The van der Waals surface area contributed by atoms with E-state index >= 15 is 0 Å². The van der Waals surface area contributed by atoms with Gasteiger partial charge in [-0.3, -0.25) is 9.13 Å². The van der Waals surface area contributed by atoms with Crippen LogP contribution >= 0.6 is 0 Å². The fourth-order valence-electron chi connectivity index (χ4n) is 4.00. The molecule has 0 spiro atoms. The molecule has 2 aromatic heterocycles. The number of aromatic nitrogens is 6. The summed E-state index contributed by atoms with van der Waals surface area (Å²) in [4.78, 5) is 13.1. The standard InChI is InChI=1S/C25H30N6O/c1-5-19(4)24-16-29(14-18(2)3)25(32)30(24)15-20-10-12-21(13-11-20)22-8-6-7-9-23(22)31-17-26-27-28-31/h6-13,16-19H,5,14-15H2,1-4H3. The van der Waals surface area contributed by atoms with Crippen molar-refractivity contribution >= 4 is 0 Å². The number of nitrogens with zero attached hydrogens (tertiary/aromatic N) is 6. The number of hydrogen-bond acceptors (Lipinski definition) is 4. The Balaban J connectivity index is 1.65. The topological polar surface area (TPSA) is 70.5 Å². The molecule has 2 aromatic carbocycles. The highest BCUT2D eigenvalue weighted by molar-refractivity contribution is 5.72. The maximum Gasteiger partial charge on any atom is 0.328 e. The number of benzene rings is 2. The molecule has 0 aliphatic carbocycles. The van der Waals surface area contributed by atoms with E-state index < -0.39 is 0 Å². The molecule has 2 heterocycles. The Hall–Kier alpha value is -3.48. The monoisotopic (exact) mass is 430 g/mol. The first-order valence-electron chi connectivity index (χ1n) is 11.2. The summed E-state index contributed by atoms with van der Waals surface area (Å²) in [7, 11) is 0. The molecule has 7 nitrogen and oxygen atoms in total. The van der Waals surface area contributed by atoms with Gasteiger partial charge >= 0.3 is 5.69 Å². The van der Waals surface area contributed by atoms with Crippen molar-refractivity contribution < 1.29 is 0 Å². The Morgan fingerprint density at radius 3 is 2.41 bits per heavy atom. The molecule has 0 saturated heterocycles. The van der Waals surface area contributed by atoms with Crippen LogP contribution in [0.25, 0.3) is 16.8 Å². The Morgan fingerprint density at radius 1 is 1.00 bits per heavy atom. The third-order valence-corrected chi connectivity index (χ3v) is 5.86. The van der Waals surface area contributed by atoms with E-state index in [1.165, 1.54) is 0 Å². The van der Waals surface area contributed by atoms with Gasteiger partial charge in [-0.2, -0.15) is 4.68 Å². The molecule has 1 unspecified atom stereocenters. The van der Waals surface area contributed by atoms with E-state index in [1.54, 1.807) is 11.0 Å². The normalized spacial score (nSPS) is 12.4.